The van der Waals surface area contributed by atoms with Crippen LogP contribution in [0.5, 0.6) is 11.5 Å². The highest BCUT2D eigenvalue weighted by atomic mass is 32.1. The van der Waals surface area contributed by atoms with Crippen molar-refractivity contribution in [3.8, 4) is 11.5 Å². The van der Waals surface area contributed by atoms with Crippen LogP contribution >= 0.6 is 11.3 Å². The zero-order chi connectivity index (χ0) is 25.8. The Bertz CT molecular complexity index is 1520. The van der Waals surface area contributed by atoms with Crippen LogP contribution in [-0.2, 0) is 14.3 Å². The first-order valence-corrected chi connectivity index (χ1v) is 12.4. The predicted octanol–water partition coefficient (Wildman–Crippen LogP) is 3.12. The number of hydrogen-bond acceptors (Lipinski definition) is 8. The number of hydrogen-bond donors (Lipinski definition) is 0. The summed E-state index contributed by atoms with van der Waals surface area (Å²) in [5, 5.41) is 0. The number of allylic oxidation sites excluding steroid dienone is 1. The number of fused-ring (bicyclic) bond motifs is 1. The second-order valence-corrected chi connectivity index (χ2v) is 8.95. The van der Waals surface area contributed by atoms with Crippen molar-refractivity contribution in [2.45, 2.75) is 33.7 Å². The Kier molecular flexibility index (Phi) is 7.49. The summed E-state index contributed by atoms with van der Waals surface area (Å²) >= 11 is 1.24. The molecule has 0 saturated carbocycles. The third-order valence-electron chi connectivity index (χ3n) is 5.45. The zero-order valence-electron chi connectivity index (χ0n) is 20.4. The van der Waals surface area contributed by atoms with Gasteiger partial charge in [0.25, 0.3) is 5.56 Å². The van der Waals surface area contributed by atoms with Gasteiger partial charge >= 0.3 is 11.9 Å². The number of ether oxygens (including phenoxy) is 3. The van der Waals surface area contributed by atoms with E-state index in [9.17, 15) is 14.4 Å². The minimum atomic E-state index is -0.658. The van der Waals surface area contributed by atoms with Gasteiger partial charge in [0.05, 0.1) is 35.1 Å². The van der Waals surface area contributed by atoms with E-state index in [2.05, 4.69) is 4.99 Å². The van der Waals surface area contributed by atoms with E-state index in [1.54, 1.807) is 42.7 Å². The van der Waals surface area contributed by atoms with Gasteiger partial charge in [-0.3, -0.25) is 14.2 Å². The van der Waals surface area contributed by atoms with Crippen LogP contribution in [0.4, 0.5) is 0 Å². The summed E-state index contributed by atoms with van der Waals surface area (Å²) in [6.45, 7) is 7.24. The number of carbonyl (C=O) groups excluding carboxylic acids is 2. The largest absolute Gasteiger partial charge is 0.490 e. The maximum absolute atomic E-state index is 13.7. The first-order chi connectivity index (χ1) is 17.3. The summed E-state index contributed by atoms with van der Waals surface area (Å²) in [4.78, 5) is 43.1. The van der Waals surface area contributed by atoms with Crippen molar-refractivity contribution >= 4 is 29.4 Å². The van der Waals surface area contributed by atoms with Crippen LogP contribution in [0, 0.1) is 0 Å². The molecule has 1 aliphatic heterocycles. The molecule has 36 heavy (non-hydrogen) atoms. The van der Waals surface area contributed by atoms with Crippen molar-refractivity contribution in [2.24, 2.45) is 4.99 Å². The van der Waals surface area contributed by atoms with Crippen LogP contribution in [0.25, 0.3) is 6.08 Å². The molecule has 2 heterocycles. The van der Waals surface area contributed by atoms with Crippen molar-refractivity contribution in [3.63, 3.8) is 0 Å². The van der Waals surface area contributed by atoms with Gasteiger partial charge in [0.15, 0.2) is 16.3 Å². The van der Waals surface area contributed by atoms with Gasteiger partial charge in [-0.15, -0.1) is 0 Å². The highest BCUT2D eigenvalue weighted by Gasteiger charge is 2.33. The van der Waals surface area contributed by atoms with Crippen LogP contribution in [0.1, 0.15) is 44.9 Å². The molecule has 0 spiro atoms. The van der Waals surface area contributed by atoms with Crippen LogP contribution in [-0.4, -0.2) is 29.7 Å². The highest BCUT2D eigenvalue weighted by Crippen LogP contribution is 2.31. The molecule has 2 aromatic carbocycles. The molecule has 0 bridgehead atoms. The molecule has 0 amide bonds. The molecule has 1 atom stereocenters. The molecular formula is C27H26N2O6S. The molecule has 0 fully saturated rings. The zero-order valence-corrected chi connectivity index (χ0v) is 21.3. The molecule has 9 heteroatoms. The molecule has 1 aliphatic rings. The van der Waals surface area contributed by atoms with Gasteiger partial charge in [-0.2, -0.15) is 0 Å². The van der Waals surface area contributed by atoms with E-state index in [1.807, 2.05) is 37.3 Å². The molecule has 0 radical (unpaired) electrons. The van der Waals surface area contributed by atoms with Crippen molar-refractivity contribution in [3.05, 3.63) is 90.6 Å². The topological polar surface area (TPSA) is 96.2 Å². The van der Waals surface area contributed by atoms with E-state index in [0.717, 1.165) is 5.56 Å². The number of carbonyl (C=O) groups is 2. The van der Waals surface area contributed by atoms with Crippen LogP contribution in [0.3, 0.4) is 0 Å². The molecule has 0 aliphatic carbocycles. The van der Waals surface area contributed by atoms with Gasteiger partial charge in [-0.25, -0.2) is 9.79 Å². The van der Waals surface area contributed by atoms with Gasteiger partial charge in [-0.05, 0) is 50.1 Å². The van der Waals surface area contributed by atoms with E-state index in [0.29, 0.717) is 44.3 Å². The molecule has 186 valence electrons. The lowest BCUT2D eigenvalue weighted by atomic mass is 9.96. The first kappa shape index (κ1) is 25.1. The lowest BCUT2D eigenvalue weighted by Gasteiger charge is -2.24. The summed E-state index contributed by atoms with van der Waals surface area (Å²) in [5.41, 5.74) is 2.05. The van der Waals surface area contributed by atoms with Crippen LogP contribution in [0.15, 0.2) is 69.6 Å². The maximum Gasteiger partial charge on any atom is 0.338 e. The summed E-state index contributed by atoms with van der Waals surface area (Å²) < 4.78 is 18.1. The molecule has 8 nitrogen and oxygen atoms in total. The van der Waals surface area contributed by atoms with Gasteiger partial charge in [-0.1, -0.05) is 47.7 Å². The summed E-state index contributed by atoms with van der Waals surface area (Å²) in [7, 11) is 0. The highest BCUT2D eigenvalue weighted by molar-refractivity contribution is 7.07. The Morgan fingerprint density at radius 3 is 2.50 bits per heavy atom. The van der Waals surface area contributed by atoms with Crippen molar-refractivity contribution in [2.75, 3.05) is 13.2 Å². The molecule has 4 rings (SSSR count). The van der Waals surface area contributed by atoms with Crippen molar-refractivity contribution < 1.29 is 23.8 Å². The second kappa shape index (κ2) is 10.7. The lowest BCUT2D eigenvalue weighted by Crippen LogP contribution is -2.39. The Morgan fingerprint density at radius 1 is 1.08 bits per heavy atom. The minimum Gasteiger partial charge on any atom is -0.490 e. The van der Waals surface area contributed by atoms with Crippen LogP contribution < -0.4 is 24.4 Å². The van der Waals surface area contributed by atoms with E-state index in [-0.39, 0.29) is 12.2 Å². The second-order valence-electron chi connectivity index (χ2n) is 7.95. The van der Waals surface area contributed by atoms with E-state index in [1.165, 1.54) is 18.3 Å². The number of benzene rings is 2. The predicted molar refractivity (Wildman–Crippen MR) is 136 cm³/mol. The number of nitrogens with zero attached hydrogens (tertiary/aromatic N) is 2. The van der Waals surface area contributed by atoms with Gasteiger partial charge in [0, 0.05) is 6.92 Å². The quantitative estimate of drug-likeness (QED) is 0.361. The van der Waals surface area contributed by atoms with E-state index >= 15 is 0 Å². The van der Waals surface area contributed by atoms with E-state index in [4.69, 9.17) is 14.2 Å². The third kappa shape index (κ3) is 5.01. The third-order valence-corrected chi connectivity index (χ3v) is 6.43. The standard InChI is InChI=1S/C27H26N2O6S/c1-5-33-21-14-18(12-13-20(21)35-17(4)30)15-22-25(31)29-24(19-10-8-7-9-11-19)23(26(32)34-6-2)16(3)28-27(29)36-22/h7-15,24H,5-6H2,1-4H3. The molecule has 0 saturated heterocycles. The monoisotopic (exact) mass is 506 g/mol. The lowest BCUT2D eigenvalue weighted by molar-refractivity contribution is -0.139. The summed E-state index contributed by atoms with van der Waals surface area (Å²) in [5.74, 6) is -0.242. The van der Waals surface area contributed by atoms with E-state index < -0.39 is 18.0 Å². The maximum atomic E-state index is 13.7. The Labute approximate surface area is 211 Å². The van der Waals surface area contributed by atoms with Gasteiger partial charge < -0.3 is 14.2 Å². The van der Waals surface area contributed by atoms with Gasteiger partial charge in [0.2, 0.25) is 0 Å². The molecule has 0 N–H and O–H groups in total. The first-order valence-electron chi connectivity index (χ1n) is 11.5. The smallest absolute Gasteiger partial charge is 0.338 e. The fraction of sp³-hybridized carbons (Fsp3) is 0.259. The SMILES string of the molecule is CCOC(=O)C1=C(C)N=c2sc(=Cc3ccc(OC(C)=O)c(OCC)c3)c(=O)n2C1c1ccccc1. The Balaban J connectivity index is 1.87. The number of aromatic nitrogens is 1. The average molecular weight is 507 g/mol. The molecule has 1 aromatic heterocycles. The Hall–Kier alpha value is -3.98. The fourth-order valence-corrected chi connectivity index (χ4v) is 5.06. The molecular weight excluding hydrogens is 480 g/mol. The Morgan fingerprint density at radius 2 is 1.83 bits per heavy atom. The summed E-state index contributed by atoms with van der Waals surface area (Å²) in [6.07, 6.45) is 1.73. The van der Waals surface area contributed by atoms with Gasteiger partial charge in [0.1, 0.15) is 0 Å². The number of esters is 2. The summed E-state index contributed by atoms with van der Waals surface area (Å²) in [6, 6.07) is 13.8. The fourth-order valence-electron chi connectivity index (χ4n) is 4.02. The number of rotatable bonds is 7. The molecule has 1 unspecified atom stereocenters. The average Bonchev–Trinajstić information content (AvgIpc) is 3.14. The number of thiazole rings is 1. The minimum absolute atomic E-state index is 0.215. The normalized spacial score (nSPS) is 15.2. The van der Waals surface area contributed by atoms with Crippen LogP contribution in [0.2, 0.25) is 0 Å². The van der Waals surface area contributed by atoms with Crippen molar-refractivity contribution in [1.82, 2.24) is 4.57 Å². The molecule has 3 aromatic rings. The van der Waals surface area contributed by atoms with Crippen molar-refractivity contribution in [1.29, 1.82) is 0 Å².